The number of H-pyrrole nitrogens is 1. The molecule has 0 aliphatic carbocycles. The van der Waals surface area contributed by atoms with Gasteiger partial charge in [0.2, 0.25) is 0 Å². The molecule has 0 saturated carbocycles. The molecule has 0 aliphatic rings. The summed E-state index contributed by atoms with van der Waals surface area (Å²) in [4.78, 5) is 35.6. The van der Waals surface area contributed by atoms with Gasteiger partial charge in [0.1, 0.15) is 0 Å². The zero-order valence-corrected chi connectivity index (χ0v) is 12.3. The molecule has 1 aromatic carbocycles. The summed E-state index contributed by atoms with van der Waals surface area (Å²) in [6.07, 6.45) is 2.96. The van der Waals surface area contributed by atoms with E-state index in [0.29, 0.717) is 17.4 Å². The van der Waals surface area contributed by atoms with Crippen LogP contribution in [-0.4, -0.2) is 20.6 Å². The predicted molar refractivity (Wildman–Crippen MR) is 81.7 cm³/mol. The molecular formula is C15H20N2O4. The Morgan fingerprint density at radius 3 is 2.48 bits per heavy atom. The van der Waals surface area contributed by atoms with Crippen molar-refractivity contribution >= 4 is 16.9 Å². The number of aliphatic carboxylic acids is 1. The maximum atomic E-state index is 12.1. The van der Waals surface area contributed by atoms with Gasteiger partial charge in [-0.3, -0.25) is 14.2 Å². The molecule has 2 N–H and O–H groups in total. The zero-order valence-electron chi connectivity index (χ0n) is 12.3. The van der Waals surface area contributed by atoms with Crippen LogP contribution in [0, 0.1) is 0 Å². The molecule has 6 heteroatoms. The van der Waals surface area contributed by atoms with E-state index in [4.69, 9.17) is 9.90 Å². The number of hydrogen-bond donors (Lipinski definition) is 2. The number of fused-ring (bicyclic) bond motifs is 1. The van der Waals surface area contributed by atoms with E-state index >= 15 is 0 Å². The lowest BCUT2D eigenvalue weighted by atomic mass is 10.2. The largest absolute Gasteiger partial charge is 0.481 e. The molecule has 21 heavy (non-hydrogen) atoms. The number of carbonyl (C=O) groups is 1. The fourth-order valence-corrected chi connectivity index (χ4v) is 1.92. The molecule has 2 rings (SSSR count). The van der Waals surface area contributed by atoms with Crippen molar-refractivity contribution in [3.8, 4) is 0 Å². The van der Waals surface area contributed by atoms with Crippen molar-refractivity contribution in [2.45, 2.75) is 39.7 Å². The second kappa shape index (κ2) is 8.04. The van der Waals surface area contributed by atoms with Crippen LogP contribution in [0.2, 0.25) is 0 Å². The number of carboxylic acids is 1. The Kier molecular flexibility index (Phi) is 6.39. The first-order chi connectivity index (χ1) is 9.97. The average molecular weight is 292 g/mol. The molecule has 0 fully saturated rings. The van der Waals surface area contributed by atoms with Gasteiger partial charge in [0, 0.05) is 13.5 Å². The fraction of sp³-hybridized carbons (Fsp3) is 0.400. The molecule has 0 aliphatic heterocycles. The maximum absolute atomic E-state index is 12.1. The van der Waals surface area contributed by atoms with Gasteiger partial charge in [0.25, 0.3) is 11.5 Å². The summed E-state index contributed by atoms with van der Waals surface area (Å²) < 4.78 is 1.29. The number of rotatable bonds is 4. The van der Waals surface area contributed by atoms with Gasteiger partial charge in [-0.25, -0.2) is 4.79 Å². The number of carboxylic acid groups (broad SMARTS) is 1. The first-order valence-electron chi connectivity index (χ1n) is 6.88. The normalized spacial score (nSPS) is 10.0. The SMILES string of the molecule is CC(=O)O.CCCCCn1c(=O)[nH]c2ccccc2c1=O. The summed E-state index contributed by atoms with van der Waals surface area (Å²) in [5, 5.41) is 7.99. The highest BCUT2D eigenvalue weighted by molar-refractivity contribution is 5.76. The number of para-hydroxylation sites is 1. The van der Waals surface area contributed by atoms with Crippen molar-refractivity contribution < 1.29 is 9.90 Å². The lowest BCUT2D eigenvalue weighted by Gasteiger charge is -2.05. The van der Waals surface area contributed by atoms with Crippen LogP contribution in [0.25, 0.3) is 10.9 Å². The van der Waals surface area contributed by atoms with Gasteiger partial charge < -0.3 is 10.1 Å². The standard InChI is InChI=1S/C13H16N2O2.C2H4O2/c1-2-3-6-9-15-12(16)10-7-4-5-8-11(10)14-13(15)17;1-2(3)4/h4-5,7-8H,2-3,6,9H2,1H3,(H,14,17);1H3,(H,3,4). The molecule has 2 aromatic rings. The summed E-state index contributed by atoms with van der Waals surface area (Å²) in [7, 11) is 0. The van der Waals surface area contributed by atoms with Crippen LogP contribution in [-0.2, 0) is 11.3 Å². The third-order valence-electron chi connectivity index (χ3n) is 2.87. The van der Waals surface area contributed by atoms with Crippen LogP contribution in [0.15, 0.2) is 33.9 Å². The molecular weight excluding hydrogens is 272 g/mol. The molecule has 6 nitrogen and oxygen atoms in total. The summed E-state index contributed by atoms with van der Waals surface area (Å²) in [5.74, 6) is -0.833. The quantitative estimate of drug-likeness (QED) is 0.843. The number of nitrogens with one attached hydrogen (secondary N) is 1. The summed E-state index contributed by atoms with van der Waals surface area (Å²) in [6, 6.07) is 7.09. The van der Waals surface area contributed by atoms with Crippen molar-refractivity contribution in [2.75, 3.05) is 0 Å². The Bertz CT molecular complexity index is 711. The first kappa shape index (κ1) is 16.7. The zero-order chi connectivity index (χ0) is 15.8. The van der Waals surface area contributed by atoms with E-state index in [0.717, 1.165) is 26.2 Å². The number of hydrogen-bond acceptors (Lipinski definition) is 3. The van der Waals surface area contributed by atoms with Gasteiger partial charge in [-0.2, -0.15) is 0 Å². The van der Waals surface area contributed by atoms with Crippen LogP contribution in [0.5, 0.6) is 0 Å². The van der Waals surface area contributed by atoms with E-state index in [9.17, 15) is 9.59 Å². The van der Waals surface area contributed by atoms with E-state index in [1.165, 1.54) is 4.57 Å². The minimum Gasteiger partial charge on any atom is -0.481 e. The van der Waals surface area contributed by atoms with Gasteiger partial charge in [-0.05, 0) is 18.6 Å². The Hall–Kier alpha value is -2.37. The summed E-state index contributed by atoms with van der Waals surface area (Å²) in [6.45, 7) is 3.67. The van der Waals surface area contributed by atoms with Crippen LogP contribution in [0.4, 0.5) is 0 Å². The van der Waals surface area contributed by atoms with Crippen molar-refractivity contribution in [2.24, 2.45) is 0 Å². The molecule has 1 aromatic heterocycles. The van der Waals surface area contributed by atoms with Gasteiger partial charge >= 0.3 is 5.69 Å². The molecule has 0 amide bonds. The molecule has 0 atom stereocenters. The topological polar surface area (TPSA) is 92.2 Å². The molecule has 114 valence electrons. The molecule has 0 bridgehead atoms. The Labute approximate surface area is 122 Å². The van der Waals surface area contributed by atoms with E-state index in [1.807, 2.05) is 0 Å². The van der Waals surface area contributed by atoms with Crippen molar-refractivity contribution in [3.63, 3.8) is 0 Å². The number of nitrogens with zero attached hydrogens (tertiary/aromatic N) is 1. The summed E-state index contributed by atoms with van der Waals surface area (Å²) in [5.41, 5.74) is 0.0968. The van der Waals surface area contributed by atoms with Crippen LogP contribution in [0.3, 0.4) is 0 Å². The van der Waals surface area contributed by atoms with Gasteiger partial charge in [-0.1, -0.05) is 31.9 Å². The predicted octanol–water partition coefficient (Wildman–Crippen LogP) is 1.97. The van der Waals surface area contributed by atoms with Crippen molar-refractivity contribution in [3.05, 3.63) is 45.1 Å². The molecule has 0 spiro atoms. The number of benzene rings is 1. The third-order valence-corrected chi connectivity index (χ3v) is 2.87. The third kappa shape index (κ3) is 4.91. The lowest BCUT2D eigenvalue weighted by Crippen LogP contribution is -2.35. The van der Waals surface area contributed by atoms with Gasteiger partial charge in [0.15, 0.2) is 0 Å². The highest BCUT2D eigenvalue weighted by atomic mass is 16.4. The highest BCUT2D eigenvalue weighted by Gasteiger charge is 2.05. The van der Waals surface area contributed by atoms with E-state index < -0.39 is 5.97 Å². The monoisotopic (exact) mass is 292 g/mol. The minimum absolute atomic E-state index is 0.194. The molecule has 1 heterocycles. The van der Waals surface area contributed by atoms with E-state index in [2.05, 4.69) is 11.9 Å². The number of unbranched alkanes of at least 4 members (excludes halogenated alkanes) is 2. The van der Waals surface area contributed by atoms with Crippen molar-refractivity contribution in [1.29, 1.82) is 0 Å². The highest BCUT2D eigenvalue weighted by Crippen LogP contribution is 2.03. The van der Waals surface area contributed by atoms with E-state index in [1.54, 1.807) is 24.3 Å². The lowest BCUT2D eigenvalue weighted by molar-refractivity contribution is -0.134. The second-order valence-electron chi connectivity index (χ2n) is 4.66. The van der Waals surface area contributed by atoms with Crippen LogP contribution < -0.4 is 11.2 Å². The number of aromatic amines is 1. The van der Waals surface area contributed by atoms with Gasteiger partial charge in [-0.15, -0.1) is 0 Å². The maximum Gasteiger partial charge on any atom is 0.328 e. The average Bonchev–Trinajstić information content (AvgIpc) is 2.42. The van der Waals surface area contributed by atoms with Crippen LogP contribution >= 0.6 is 0 Å². The Morgan fingerprint density at radius 1 is 1.24 bits per heavy atom. The number of aromatic nitrogens is 2. The molecule has 0 radical (unpaired) electrons. The van der Waals surface area contributed by atoms with E-state index in [-0.39, 0.29) is 11.2 Å². The van der Waals surface area contributed by atoms with Crippen molar-refractivity contribution in [1.82, 2.24) is 9.55 Å². The smallest absolute Gasteiger partial charge is 0.328 e. The van der Waals surface area contributed by atoms with Gasteiger partial charge in [0.05, 0.1) is 10.9 Å². The summed E-state index contributed by atoms with van der Waals surface area (Å²) >= 11 is 0. The minimum atomic E-state index is -0.833. The Morgan fingerprint density at radius 2 is 1.86 bits per heavy atom. The fourth-order valence-electron chi connectivity index (χ4n) is 1.92. The second-order valence-corrected chi connectivity index (χ2v) is 4.66. The first-order valence-corrected chi connectivity index (χ1v) is 6.88. The molecule has 0 saturated heterocycles. The molecule has 0 unspecified atom stereocenters. The van der Waals surface area contributed by atoms with Crippen LogP contribution in [0.1, 0.15) is 33.1 Å². The Balaban J connectivity index is 0.000000491.